The average molecular weight is 284 g/mol. The molecule has 0 aliphatic rings. The van der Waals surface area contributed by atoms with E-state index in [1.807, 2.05) is 0 Å². The standard InChI is InChI=1S/C8H7Cl2NO4S/c9-6-3-5(16(10,13)14)1-2-7(6)15-4-8(11)12/h1-3H,4H2,(H2,11,12). The first-order valence-electron chi connectivity index (χ1n) is 3.96. The molecule has 0 aliphatic heterocycles. The zero-order valence-electron chi connectivity index (χ0n) is 7.81. The van der Waals surface area contributed by atoms with Gasteiger partial charge in [0, 0.05) is 10.7 Å². The van der Waals surface area contributed by atoms with E-state index in [2.05, 4.69) is 0 Å². The van der Waals surface area contributed by atoms with Gasteiger partial charge in [-0.05, 0) is 18.2 Å². The molecule has 16 heavy (non-hydrogen) atoms. The predicted molar refractivity (Wildman–Crippen MR) is 59.2 cm³/mol. The number of benzene rings is 1. The zero-order valence-corrected chi connectivity index (χ0v) is 10.1. The Balaban J connectivity index is 2.96. The molecule has 0 bridgehead atoms. The number of ether oxygens (including phenoxy) is 1. The second-order valence-electron chi connectivity index (χ2n) is 2.79. The summed E-state index contributed by atoms with van der Waals surface area (Å²) in [7, 11) is 1.28. The Hall–Kier alpha value is -0.980. The molecule has 0 unspecified atom stereocenters. The van der Waals surface area contributed by atoms with E-state index in [0.29, 0.717) is 0 Å². The van der Waals surface area contributed by atoms with E-state index >= 15 is 0 Å². The van der Waals surface area contributed by atoms with Gasteiger partial charge in [0.2, 0.25) is 0 Å². The number of hydrogen-bond donors (Lipinski definition) is 1. The van der Waals surface area contributed by atoms with Gasteiger partial charge in [0.15, 0.2) is 6.61 Å². The van der Waals surface area contributed by atoms with Crippen molar-refractivity contribution in [2.75, 3.05) is 6.61 Å². The molecule has 0 atom stereocenters. The highest BCUT2D eigenvalue weighted by molar-refractivity contribution is 8.13. The molecule has 8 heteroatoms. The molecule has 1 amide bonds. The van der Waals surface area contributed by atoms with E-state index < -0.39 is 15.0 Å². The summed E-state index contributed by atoms with van der Waals surface area (Å²) in [6.07, 6.45) is 0. The van der Waals surface area contributed by atoms with Crippen LogP contribution >= 0.6 is 22.3 Å². The van der Waals surface area contributed by atoms with Gasteiger partial charge in [-0.1, -0.05) is 11.6 Å². The topological polar surface area (TPSA) is 86.5 Å². The quantitative estimate of drug-likeness (QED) is 0.840. The van der Waals surface area contributed by atoms with Crippen LogP contribution in [0.25, 0.3) is 0 Å². The minimum absolute atomic E-state index is 0.0305. The minimum Gasteiger partial charge on any atom is -0.482 e. The van der Waals surface area contributed by atoms with E-state index in [9.17, 15) is 13.2 Å². The monoisotopic (exact) mass is 283 g/mol. The molecule has 1 aromatic rings. The molecular weight excluding hydrogens is 277 g/mol. The van der Waals surface area contributed by atoms with Gasteiger partial charge in [-0.25, -0.2) is 8.42 Å². The summed E-state index contributed by atoms with van der Waals surface area (Å²) in [6.45, 7) is -0.341. The van der Waals surface area contributed by atoms with Crippen LogP contribution in [0.2, 0.25) is 5.02 Å². The predicted octanol–water partition coefficient (Wildman–Crippen LogP) is 1.13. The Kier molecular flexibility index (Phi) is 4.01. The normalized spacial score (nSPS) is 11.1. The average Bonchev–Trinajstić information content (AvgIpc) is 2.14. The lowest BCUT2D eigenvalue weighted by molar-refractivity contribution is -0.119. The maximum Gasteiger partial charge on any atom is 0.261 e. The van der Waals surface area contributed by atoms with Crippen LogP contribution in [0.15, 0.2) is 23.1 Å². The molecule has 0 aliphatic carbocycles. The third-order valence-electron chi connectivity index (χ3n) is 1.55. The molecule has 1 rings (SSSR count). The van der Waals surface area contributed by atoms with Crippen molar-refractivity contribution < 1.29 is 17.9 Å². The van der Waals surface area contributed by atoms with Crippen molar-refractivity contribution in [3.8, 4) is 5.75 Å². The van der Waals surface area contributed by atoms with Crippen LogP contribution < -0.4 is 10.5 Å². The van der Waals surface area contributed by atoms with Gasteiger partial charge in [-0.15, -0.1) is 0 Å². The number of rotatable bonds is 4. The lowest BCUT2D eigenvalue weighted by Gasteiger charge is -2.06. The first-order valence-corrected chi connectivity index (χ1v) is 6.65. The fourth-order valence-electron chi connectivity index (χ4n) is 0.899. The molecule has 88 valence electrons. The highest BCUT2D eigenvalue weighted by atomic mass is 35.7. The Morgan fingerprint density at radius 1 is 1.44 bits per heavy atom. The molecule has 0 radical (unpaired) electrons. The largest absolute Gasteiger partial charge is 0.482 e. The molecule has 0 spiro atoms. The van der Waals surface area contributed by atoms with Crippen LogP contribution in [0.4, 0.5) is 0 Å². The third-order valence-corrected chi connectivity index (χ3v) is 3.20. The molecule has 0 saturated carbocycles. The maximum absolute atomic E-state index is 11.0. The zero-order chi connectivity index (χ0) is 12.3. The molecule has 0 heterocycles. The van der Waals surface area contributed by atoms with Crippen LogP contribution in [-0.2, 0) is 13.8 Å². The van der Waals surface area contributed by atoms with Crippen molar-refractivity contribution in [2.45, 2.75) is 4.90 Å². The summed E-state index contributed by atoms with van der Waals surface area (Å²) in [5, 5.41) is 0.0305. The first kappa shape index (κ1) is 13.1. The minimum atomic E-state index is -3.83. The van der Waals surface area contributed by atoms with Crippen molar-refractivity contribution in [3.05, 3.63) is 23.2 Å². The van der Waals surface area contributed by atoms with E-state index in [1.54, 1.807) is 0 Å². The molecule has 0 fully saturated rings. The highest BCUT2D eigenvalue weighted by Crippen LogP contribution is 2.28. The van der Waals surface area contributed by atoms with Gasteiger partial charge in [-0.2, -0.15) is 0 Å². The van der Waals surface area contributed by atoms with Gasteiger partial charge in [0.1, 0.15) is 5.75 Å². The van der Waals surface area contributed by atoms with Crippen molar-refractivity contribution in [2.24, 2.45) is 5.73 Å². The fraction of sp³-hybridized carbons (Fsp3) is 0.125. The Morgan fingerprint density at radius 2 is 2.06 bits per heavy atom. The van der Waals surface area contributed by atoms with E-state index in [4.69, 9.17) is 32.8 Å². The summed E-state index contributed by atoms with van der Waals surface area (Å²) in [4.78, 5) is 10.3. The molecule has 0 saturated heterocycles. The van der Waals surface area contributed by atoms with Crippen LogP contribution in [0.1, 0.15) is 0 Å². The van der Waals surface area contributed by atoms with E-state index in [-0.39, 0.29) is 22.3 Å². The fourth-order valence-corrected chi connectivity index (χ4v) is 1.98. The third kappa shape index (κ3) is 3.55. The Labute approximate surface area is 102 Å². The maximum atomic E-state index is 11.0. The molecule has 1 aromatic carbocycles. The molecule has 0 aromatic heterocycles. The number of halogens is 2. The van der Waals surface area contributed by atoms with Gasteiger partial charge in [-0.3, -0.25) is 4.79 Å². The van der Waals surface area contributed by atoms with Crippen molar-refractivity contribution >= 4 is 37.2 Å². The second-order valence-corrected chi connectivity index (χ2v) is 5.76. The second kappa shape index (κ2) is 4.90. The Morgan fingerprint density at radius 3 is 2.50 bits per heavy atom. The number of carbonyl (C=O) groups is 1. The first-order chi connectivity index (χ1) is 7.30. The van der Waals surface area contributed by atoms with E-state index in [0.717, 1.165) is 6.07 Å². The SMILES string of the molecule is NC(=O)COc1ccc(S(=O)(=O)Cl)cc1Cl. The van der Waals surface area contributed by atoms with Crippen molar-refractivity contribution in [1.82, 2.24) is 0 Å². The summed E-state index contributed by atoms with van der Waals surface area (Å²) in [5.74, 6) is -0.505. The molecule has 2 N–H and O–H groups in total. The van der Waals surface area contributed by atoms with Crippen LogP contribution in [0.5, 0.6) is 5.75 Å². The van der Waals surface area contributed by atoms with Gasteiger partial charge >= 0.3 is 0 Å². The van der Waals surface area contributed by atoms with Crippen molar-refractivity contribution in [3.63, 3.8) is 0 Å². The summed E-state index contributed by atoms with van der Waals surface area (Å²) >= 11 is 5.72. The number of carbonyl (C=O) groups excluding carboxylic acids is 1. The summed E-state index contributed by atoms with van der Waals surface area (Å²) in [6, 6.07) is 3.63. The van der Waals surface area contributed by atoms with E-state index in [1.165, 1.54) is 12.1 Å². The summed E-state index contributed by atoms with van der Waals surface area (Å²) < 4.78 is 26.8. The smallest absolute Gasteiger partial charge is 0.261 e. The van der Waals surface area contributed by atoms with Crippen molar-refractivity contribution in [1.29, 1.82) is 0 Å². The summed E-state index contributed by atoms with van der Waals surface area (Å²) in [5.41, 5.74) is 4.87. The van der Waals surface area contributed by atoms with Crippen LogP contribution in [0.3, 0.4) is 0 Å². The number of nitrogens with two attached hydrogens (primary N) is 1. The molecule has 5 nitrogen and oxygen atoms in total. The Bertz CT molecular complexity index is 515. The van der Waals surface area contributed by atoms with Gasteiger partial charge in [0.05, 0.1) is 9.92 Å². The number of primary amides is 1. The molecular formula is C8H7Cl2NO4S. The van der Waals surface area contributed by atoms with Crippen LogP contribution in [0, 0.1) is 0 Å². The van der Waals surface area contributed by atoms with Crippen LogP contribution in [-0.4, -0.2) is 20.9 Å². The lowest BCUT2D eigenvalue weighted by atomic mass is 10.3. The number of hydrogen-bond acceptors (Lipinski definition) is 4. The van der Waals surface area contributed by atoms with Gasteiger partial charge < -0.3 is 10.5 Å². The number of amides is 1. The lowest BCUT2D eigenvalue weighted by Crippen LogP contribution is -2.20. The van der Waals surface area contributed by atoms with Gasteiger partial charge in [0.25, 0.3) is 15.0 Å². The highest BCUT2D eigenvalue weighted by Gasteiger charge is 2.13.